The third-order valence-corrected chi connectivity index (χ3v) is 3.93. The van der Waals surface area contributed by atoms with Crippen LogP contribution in [0.4, 0.5) is 0 Å². The van der Waals surface area contributed by atoms with Gasteiger partial charge in [-0.2, -0.15) is 4.98 Å². The molecule has 2 rings (SSSR count). The summed E-state index contributed by atoms with van der Waals surface area (Å²) >= 11 is 0. The number of sulfone groups is 1. The van der Waals surface area contributed by atoms with Gasteiger partial charge >= 0.3 is 5.69 Å². The maximum Gasteiger partial charge on any atom is 0.333 e. The molecular formula is C11H12N4O4S. The summed E-state index contributed by atoms with van der Waals surface area (Å²) in [5.41, 5.74) is -1.27. The second-order valence-corrected chi connectivity index (χ2v) is 6.24. The second-order valence-electron chi connectivity index (χ2n) is 4.33. The molecule has 0 aliphatic carbocycles. The molecule has 0 amide bonds. The Bertz CT molecular complexity index is 969. The van der Waals surface area contributed by atoms with Crippen LogP contribution in [0.15, 0.2) is 14.7 Å². The number of aryl methyl sites for hydroxylation is 2. The van der Waals surface area contributed by atoms with Crippen molar-refractivity contribution in [2.24, 2.45) is 14.1 Å². The molecule has 8 nitrogen and oxygen atoms in total. The highest BCUT2D eigenvalue weighted by Gasteiger charge is 2.22. The molecule has 0 N–H and O–H groups in total. The Balaban J connectivity index is 3.11. The topological polar surface area (TPSA) is 96.0 Å². The van der Waals surface area contributed by atoms with E-state index in [0.29, 0.717) is 0 Å². The van der Waals surface area contributed by atoms with E-state index in [1.165, 1.54) is 14.1 Å². The SMILES string of the molecule is C#CCn1c(=O)c2c(nc(S(C)(=O)=O)n2C)n(C)c1=O. The van der Waals surface area contributed by atoms with Crippen molar-refractivity contribution in [3.8, 4) is 12.3 Å². The molecule has 0 atom stereocenters. The van der Waals surface area contributed by atoms with E-state index < -0.39 is 21.1 Å². The van der Waals surface area contributed by atoms with Crippen LogP contribution in [-0.2, 0) is 30.5 Å². The molecule has 2 heterocycles. The van der Waals surface area contributed by atoms with Crippen molar-refractivity contribution in [3.63, 3.8) is 0 Å². The van der Waals surface area contributed by atoms with E-state index in [4.69, 9.17) is 6.42 Å². The predicted molar refractivity (Wildman–Crippen MR) is 72.2 cm³/mol. The van der Waals surface area contributed by atoms with E-state index in [1.54, 1.807) is 0 Å². The highest BCUT2D eigenvalue weighted by Crippen LogP contribution is 2.13. The van der Waals surface area contributed by atoms with Crippen LogP contribution in [0.5, 0.6) is 0 Å². The summed E-state index contributed by atoms with van der Waals surface area (Å²) in [7, 11) is -0.819. The summed E-state index contributed by atoms with van der Waals surface area (Å²) in [5, 5.41) is -0.280. The van der Waals surface area contributed by atoms with Crippen molar-refractivity contribution in [3.05, 3.63) is 20.8 Å². The second kappa shape index (κ2) is 4.35. The van der Waals surface area contributed by atoms with E-state index in [0.717, 1.165) is 20.0 Å². The fourth-order valence-electron chi connectivity index (χ4n) is 1.99. The lowest BCUT2D eigenvalue weighted by atomic mass is 10.5. The number of hydrogen-bond donors (Lipinski definition) is 0. The van der Waals surface area contributed by atoms with Crippen LogP contribution in [0, 0.1) is 12.3 Å². The third-order valence-electron chi connectivity index (χ3n) is 2.90. The summed E-state index contributed by atoms with van der Waals surface area (Å²) in [6.45, 7) is -0.194. The lowest BCUT2D eigenvalue weighted by molar-refractivity contribution is 0.586. The molecule has 0 unspecified atom stereocenters. The summed E-state index contributed by atoms with van der Waals surface area (Å²) in [6, 6.07) is 0. The number of terminal acetylenes is 1. The van der Waals surface area contributed by atoms with E-state index in [-0.39, 0.29) is 22.9 Å². The Morgan fingerprint density at radius 2 is 1.85 bits per heavy atom. The smallest absolute Gasteiger partial charge is 0.312 e. The Hall–Kier alpha value is -2.34. The number of fused-ring (bicyclic) bond motifs is 1. The molecule has 0 saturated carbocycles. The molecular weight excluding hydrogens is 284 g/mol. The minimum atomic E-state index is -3.62. The van der Waals surface area contributed by atoms with Crippen LogP contribution < -0.4 is 11.2 Å². The Labute approximate surface area is 114 Å². The number of rotatable bonds is 2. The first-order valence-corrected chi connectivity index (χ1v) is 7.39. The molecule has 9 heteroatoms. The third kappa shape index (κ3) is 1.85. The van der Waals surface area contributed by atoms with E-state index >= 15 is 0 Å². The molecule has 0 aliphatic heterocycles. The van der Waals surface area contributed by atoms with Crippen LogP contribution in [0.2, 0.25) is 0 Å². The van der Waals surface area contributed by atoms with Crippen LogP contribution in [0.3, 0.4) is 0 Å². The minimum Gasteiger partial charge on any atom is -0.312 e. The fraction of sp³-hybridized carbons (Fsp3) is 0.364. The van der Waals surface area contributed by atoms with Gasteiger partial charge in [-0.1, -0.05) is 5.92 Å². The number of imidazole rings is 1. The summed E-state index contributed by atoms with van der Waals surface area (Å²) < 4.78 is 26.4. The Morgan fingerprint density at radius 3 is 2.35 bits per heavy atom. The monoisotopic (exact) mass is 296 g/mol. The maximum atomic E-state index is 12.3. The zero-order chi connectivity index (χ0) is 15.2. The van der Waals surface area contributed by atoms with Gasteiger partial charge in [0.1, 0.15) is 0 Å². The lowest BCUT2D eigenvalue weighted by Crippen LogP contribution is -2.39. The number of nitrogens with zero attached hydrogens (tertiary/aromatic N) is 4. The van der Waals surface area contributed by atoms with Gasteiger partial charge in [-0.15, -0.1) is 6.42 Å². The van der Waals surface area contributed by atoms with Crippen molar-refractivity contribution >= 4 is 21.0 Å². The molecule has 0 aliphatic rings. The van der Waals surface area contributed by atoms with Crippen molar-refractivity contribution in [2.75, 3.05) is 6.26 Å². The zero-order valence-corrected chi connectivity index (χ0v) is 11.9. The number of hydrogen-bond acceptors (Lipinski definition) is 5. The molecule has 0 aromatic carbocycles. The lowest BCUT2D eigenvalue weighted by Gasteiger charge is -2.05. The highest BCUT2D eigenvalue weighted by atomic mass is 32.2. The van der Waals surface area contributed by atoms with Gasteiger partial charge in [-0.25, -0.2) is 17.8 Å². The average molecular weight is 296 g/mol. The molecule has 2 aromatic heterocycles. The summed E-state index contributed by atoms with van der Waals surface area (Å²) in [5.74, 6) is 2.22. The van der Waals surface area contributed by atoms with Gasteiger partial charge in [-0.3, -0.25) is 9.36 Å². The first-order chi connectivity index (χ1) is 9.20. The van der Waals surface area contributed by atoms with Crippen molar-refractivity contribution < 1.29 is 8.42 Å². The molecule has 20 heavy (non-hydrogen) atoms. The first kappa shape index (κ1) is 14.1. The van der Waals surface area contributed by atoms with Crippen molar-refractivity contribution in [2.45, 2.75) is 11.7 Å². The summed E-state index contributed by atoms with van der Waals surface area (Å²) in [4.78, 5) is 28.1. The van der Waals surface area contributed by atoms with Gasteiger partial charge in [0.25, 0.3) is 5.56 Å². The molecule has 0 saturated heterocycles. The van der Waals surface area contributed by atoms with Gasteiger partial charge < -0.3 is 4.57 Å². The van der Waals surface area contributed by atoms with Gasteiger partial charge in [-0.05, 0) is 0 Å². The Morgan fingerprint density at radius 1 is 1.25 bits per heavy atom. The summed E-state index contributed by atoms with van der Waals surface area (Å²) in [6.07, 6.45) is 6.11. The van der Waals surface area contributed by atoms with Gasteiger partial charge in [0.15, 0.2) is 11.2 Å². The van der Waals surface area contributed by atoms with Crippen LogP contribution in [0.25, 0.3) is 11.2 Å². The van der Waals surface area contributed by atoms with Crippen LogP contribution >= 0.6 is 0 Å². The molecule has 0 fully saturated rings. The van der Waals surface area contributed by atoms with E-state index in [1.807, 2.05) is 0 Å². The minimum absolute atomic E-state index is 0.0104. The molecule has 106 valence electrons. The zero-order valence-electron chi connectivity index (χ0n) is 11.1. The highest BCUT2D eigenvalue weighted by molar-refractivity contribution is 7.90. The van der Waals surface area contributed by atoms with Gasteiger partial charge in [0, 0.05) is 20.4 Å². The number of aromatic nitrogens is 4. The normalized spacial score (nSPS) is 11.7. The molecule has 0 spiro atoms. The van der Waals surface area contributed by atoms with Crippen molar-refractivity contribution in [1.29, 1.82) is 0 Å². The standard InChI is InChI=1S/C11H12N4O4S/c1-5-6-15-9(16)7-8(14(3)11(15)17)12-10(13(7)2)20(4,18)19/h1H,6H2,2-4H3. The van der Waals surface area contributed by atoms with Crippen molar-refractivity contribution in [1.82, 2.24) is 18.7 Å². The molecule has 2 aromatic rings. The van der Waals surface area contributed by atoms with Crippen LogP contribution in [-0.4, -0.2) is 33.4 Å². The van der Waals surface area contributed by atoms with E-state index in [2.05, 4.69) is 10.9 Å². The predicted octanol–water partition coefficient (Wildman–Crippen LogP) is -1.53. The quantitative estimate of drug-likeness (QED) is 0.627. The average Bonchev–Trinajstić information content (AvgIpc) is 2.70. The largest absolute Gasteiger partial charge is 0.333 e. The van der Waals surface area contributed by atoms with E-state index in [9.17, 15) is 18.0 Å². The van der Waals surface area contributed by atoms with Crippen LogP contribution in [0.1, 0.15) is 0 Å². The maximum absolute atomic E-state index is 12.3. The first-order valence-electron chi connectivity index (χ1n) is 5.50. The fourth-order valence-corrected chi connectivity index (χ4v) is 2.83. The molecule has 0 bridgehead atoms. The van der Waals surface area contributed by atoms with Gasteiger partial charge in [0.05, 0.1) is 6.54 Å². The Kier molecular flexibility index (Phi) is 3.06. The molecule has 0 radical (unpaired) electrons. The van der Waals surface area contributed by atoms with Gasteiger partial charge in [0.2, 0.25) is 15.0 Å².